The molecule has 41 heavy (non-hydrogen) atoms. The molecular weight excluding hydrogens is 542 g/mol. The number of halogens is 1. The summed E-state index contributed by atoms with van der Waals surface area (Å²) >= 11 is 6.45. The van der Waals surface area contributed by atoms with Gasteiger partial charge in [0.25, 0.3) is 5.91 Å². The van der Waals surface area contributed by atoms with Crippen LogP contribution in [0, 0.1) is 6.92 Å². The average molecular weight is 576 g/mol. The molecule has 0 fully saturated rings. The Labute approximate surface area is 244 Å². The number of phenols is 1. The molecule has 5 rings (SSSR count). The van der Waals surface area contributed by atoms with Crippen molar-refractivity contribution in [2.45, 2.75) is 45.7 Å². The van der Waals surface area contributed by atoms with Gasteiger partial charge in [-0.3, -0.25) is 9.89 Å². The smallest absolute Gasteiger partial charge is 0.273 e. The van der Waals surface area contributed by atoms with Crippen LogP contribution in [0.25, 0.3) is 11.3 Å². The van der Waals surface area contributed by atoms with Crippen molar-refractivity contribution < 1.29 is 24.1 Å². The van der Waals surface area contributed by atoms with Crippen LogP contribution in [-0.2, 0) is 6.54 Å². The zero-order chi connectivity index (χ0) is 29.1. The maximum atomic E-state index is 13.9. The number of amides is 1. The van der Waals surface area contributed by atoms with Crippen LogP contribution in [0.1, 0.15) is 65.0 Å². The van der Waals surface area contributed by atoms with Crippen molar-refractivity contribution in [3.63, 3.8) is 0 Å². The molecule has 4 aromatic rings. The number of unbranched alkanes of at least 4 members (excludes halogenated alkanes) is 2. The van der Waals surface area contributed by atoms with Gasteiger partial charge >= 0.3 is 0 Å². The second-order valence-electron chi connectivity index (χ2n) is 10.1. The van der Waals surface area contributed by atoms with Gasteiger partial charge in [0.05, 0.1) is 26.9 Å². The largest absolute Gasteiger partial charge is 0.507 e. The van der Waals surface area contributed by atoms with E-state index in [1.54, 1.807) is 31.3 Å². The van der Waals surface area contributed by atoms with Gasteiger partial charge in [-0.2, -0.15) is 5.10 Å². The number of carbonyl (C=O) groups excluding carboxylic acids is 1. The van der Waals surface area contributed by atoms with Crippen LogP contribution >= 0.6 is 11.6 Å². The minimum absolute atomic E-state index is 0.0365. The summed E-state index contributed by atoms with van der Waals surface area (Å²) in [5.41, 5.74) is 4.45. The SMILES string of the molecule is CCCCCOc1ccc(C2c3c(-c4cc(Cl)c(C)cc4O)n[nH]c3C(=O)N2Cc2ccc(OC)cc2)cc1OC. The Bertz CT molecular complexity index is 1550. The van der Waals surface area contributed by atoms with Crippen molar-refractivity contribution in [2.75, 3.05) is 20.8 Å². The number of nitrogens with zero attached hydrogens (tertiary/aromatic N) is 2. The fourth-order valence-electron chi connectivity index (χ4n) is 5.20. The highest BCUT2D eigenvalue weighted by atomic mass is 35.5. The number of benzene rings is 3. The van der Waals surface area contributed by atoms with Crippen LogP contribution in [0.5, 0.6) is 23.0 Å². The third-order valence-corrected chi connectivity index (χ3v) is 7.82. The Kier molecular flexibility index (Phi) is 8.40. The molecule has 9 heteroatoms. The highest BCUT2D eigenvalue weighted by Crippen LogP contribution is 2.47. The number of fused-ring (bicyclic) bond motifs is 1. The number of aromatic hydroxyl groups is 1. The second-order valence-corrected chi connectivity index (χ2v) is 10.5. The van der Waals surface area contributed by atoms with E-state index in [1.807, 2.05) is 49.4 Å². The Morgan fingerprint density at radius 2 is 1.80 bits per heavy atom. The lowest BCUT2D eigenvalue weighted by atomic mass is 9.94. The lowest BCUT2D eigenvalue weighted by molar-refractivity contribution is 0.0730. The summed E-state index contributed by atoms with van der Waals surface area (Å²) in [6, 6.07) is 16.1. The highest BCUT2D eigenvalue weighted by Gasteiger charge is 2.43. The minimum Gasteiger partial charge on any atom is -0.507 e. The molecule has 1 aliphatic rings. The van der Waals surface area contributed by atoms with Crippen molar-refractivity contribution in [3.05, 3.63) is 87.6 Å². The van der Waals surface area contributed by atoms with E-state index < -0.39 is 6.04 Å². The lowest BCUT2D eigenvalue weighted by Crippen LogP contribution is -2.29. The number of phenolic OH excluding ortho intramolecular Hbond substituents is 1. The normalized spacial score (nSPS) is 14.3. The topological polar surface area (TPSA) is 96.9 Å². The zero-order valence-corrected chi connectivity index (χ0v) is 24.4. The van der Waals surface area contributed by atoms with Gasteiger partial charge in [-0.25, -0.2) is 0 Å². The number of ether oxygens (including phenoxy) is 3. The van der Waals surface area contributed by atoms with E-state index in [0.717, 1.165) is 41.7 Å². The van der Waals surface area contributed by atoms with E-state index in [2.05, 4.69) is 17.1 Å². The molecular formula is C32H34ClN3O5. The standard InChI is InChI=1S/C32H34ClN3O5/c1-5-6-7-14-41-26-13-10-21(16-27(26)40-4)31-28-29(23-17-24(33)19(2)15-25(23)37)34-35-30(28)32(38)36(31)18-20-8-11-22(39-3)12-9-20/h8-13,15-17,31,37H,5-7,14,18H2,1-4H3,(H,34,35). The molecule has 0 spiro atoms. The number of rotatable bonds is 11. The van der Waals surface area contributed by atoms with E-state index in [9.17, 15) is 9.90 Å². The summed E-state index contributed by atoms with van der Waals surface area (Å²) in [5, 5.41) is 18.8. The summed E-state index contributed by atoms with van der Waals surface area (Å²) in [6.07, 6.45) is 3.15. The first-order chi connectivity index (χ1) is 19.9. The molecule has 0 bridgehead atoms. The van der Waals surface area contributed by atoms with E-state index in [0.29, 0.717) is 52.2 Å². The number of carbonyl (C=O) groups is 1. The number of hydrogen-bond donors (Lipinski definition) is 2. The molecule has 1 amide bonds. The van der Waals surface area contributed by atoms with E-state index in [4.69, 9.17) is 25.8 Å². The van der Waals surface area contributed by atoms with Gasteiger partial charge in [-0.15, -0.1) is 0 Å². The number of aromatic nitrogens is 2. The summed E-state index contributed by atoms with van der Waals surface area (Å²) < 4.78 is 17.0. The number of hydrogen-bond acceptors (Lipinski definition) is 6. The quantitative estimate of drug-likeness (QED) is 0.186. The minimum atomic E-state index is -0.518. The first-order valence-electron chi connectivity index (χ1n) is 13.7. The first kappa shape index (κ1) is 28.4. The van der Waals surface area contributed by atoms with Gasteiger partial charge < -0.3 is 24.2 Å². The van der Waals surface area contributed by atoms with Crippen LogP contribution < -0.4 is 14.2 Å². The number of methoxy groups -OCH3 is 2. The van der Waals surface area contributed by atoms with Crippen LogP contribution in [0.15, 0.2) is 54.6 Å². The third kappa shape index (κ3) is 5.57. The molecule has 1 unspecified atom stereocenters. The van der Waals surface area contributed by atoms with Gasteiger partial charge in [0, 0.05) is 22.7 Å². The molecule has 1 atom stereocenters. The monoisotopic (exact) mass is 575 g/mol. The number of aryl methyl sites for hydroxylation is 1. The number of H-pyrrole nitrogens is 1. The molecule has 3 aromatic carbocycles. The number of nitrogens with one attached hydrogen (secondary N) is 1. The summed E-state index contributed by atoms with van der Waals surface area (Å²) in [4.78, 5) is 15.7. The summed E-state index contributed by atoms with van der Waals surface area (Å²) in [6.45, 7) is 4.91. The predicted molar refractivity (Wildman–Crippen MR) is 158 cm³/mol. The molecule has 0 saturated carbocycles. The zero-order valence-electron chi connectivity index (χ0n) is 23.7. The van der Waals surface area contributed by atoms with Crippen LogP contribution in [0.4, 0.5) is 0 Å². The van der Waals surface area contributed by atoms with E-state index >= 15 is 0 Å². The molecule has 214 valence electrons. The Morgan fingerprint density at radius 3 is 2.51 bits per heavy atom. The van der Waals surface area contributed by atoms with Crippen molar-refractivity contribution in [1.82, 2.24) is 15.1 Å². The van der Waals surface area contributed by atoms with E-state index in [1.165, 1.54) is 0 Å². The Morgan fingerprint density at radius 1 is 1.02 bits per heavy atom. The summed E-state index contributed by atoms with van der Waals surface area (Å²) in [7, 11) is 3.22. The van der Waals surface area contributed by atoms with Crippen molar-refractivity contribution in [2.24, 2.45) is 0 Å². The Hall–Kier alpha value is -4.17. The molecule has 0 saturated heterocycles. The lowest BCUT2D eigenvalue weighted by Gasteiger charge is -2.27. The molecule has 1 aliphatic heterocycles. The first-order valence-corrected chi connectivity index (χ1v) is 14.1. The molecule has 0 radical (unpaired) electrons. The van der Waals surface area contributed by atoms with Gasteiger partial charge in [0.2, 0.25) is 0 Å². The van der Waals surface area contributed by atoms with E-state index in [-0.39, 0.29) is 11.7 Å². The van der Waals surface area contributed by atoms with Gasteiger partial charge in [-0.1, -0.05) is 49.6 Å². The van der Waals surface area contributed by atoms with Gasteiger partial charge in [0.1, 0.15) is 22.9 Å². The maximum Gasteiger partial charge on any atom is 0.273 e. The van der Waals surface area contributed by atoms with Crippen LogP contribution in [-0.4, -0.2) is 46.9 Å². The molecule has 2 heterocycles. The molecule has 2 N–H and O–H groups in total. The fourth-order valence-corrected chi connectivity index (χ4v) is 5.37. The highest BCUT2D eigenvalue weighted by molar-refractivity contribution is 6.31. The van der Waals surface area contributed by atoms with Crippen molar-refractivity contribution in [1.29, 1.82) is 0 Å². The Balaban J connectivity index is 1.60. The van der Waals surface area contributed by atoms with Crippen LogP contribution in [0.2, 0.25) is 5.02 Å². The van der Waals surface area contributed by atoms with Gasteiger partial charge in [-0.05, 0) is 66.4 Å². The maximum absolute atomic E-state index is 13.9. The predicted octanol–water partition coefficient (Wildman–Crippen LogP) is 7.08. The second kappa shape index (κ2) is 12.1. The average Bonchev–Trinajstić information content (AvgIpc) is 3.52. The molecule has 8 nitrogen and oxygen atoms in total. The van der Waals surface area contributed by atoms with Crippen LogP contribution in [0.3, 0.4) is 0 Å². The van der Waals surface area contributed by atoms with Crippen molar-refractivity contribution >= 4 is 17.5 Å². The van der Waals surface area contributed by atoms with Gasteiger partial charge in [0.15, 0.2) is 11.5 Å². The number of aromatic amines is 1. The molecule has 1 aromatic heterocycles. The van der Waals surface area contributed by atoms with Crippen molar-refractivity contribution in [3.8, 4) is 34.3 Å². The molecule has 0 aliphatic carbocycles. The third-order valence-electron chi connectivity index (χ3n) is 7.42. The summed E-state index contributed by atoms with van der Waals surface area (Å²) in [5.74, 6) is 1.80. The fraction of sp³-hybridized carbons (Fsp3) is 0.312.